The molecule has 0 spiro atoms. The highest BCUT2D eigenvalue weighted by molar-refractivity contribution is 9.10. The van der Waals surface area contributed by atoms with Gasteiger partial charge in [0.1, 0.15) is 0 Å². The van der Waals surface area contributed by atoms with Crippen LogP contribution in [0.2, 0.25) is 0 Å². The maximum atomic E-state index is 5.08. The molecule has 0 radical (unpaired) electrons. The zero-order valence-corrected chi connectivity index (χ0v) is 23.5. The van der Waals surface area contributed by atoms with Gasteiger partial charge in [-0.3, -0.25) is 0 Å². The van der Waals surface area contributed by atoms with Crippen molar-refractivity contribution in [3.63, 3.8) is 0 Å². The number of rotatable bonds is 2. The molecule has 0 bridgehead atoms. The van der Waals surface area contributed by atoms with E-state index in [4.69, 9.17) is 8.83 Å². The van der Waals surface area contributed by atoms with Crippen molar-refractivity contribution in [2.75, 3.05) is 0 Å². The van der Waals surface area contributed by atoms with Gasteiger partial charge in [-0.05, 0) is 91.1 Å². The lowest BCUT2D eigenvalue weighted by atomic mass is 9.91. The minimum atomic E-state index is 1.03. The third kappa shape index (κ3) is 3.24. The van der Waals surface area contributed by atoms with Crippen molar-refractivity contribution in [1.29, 1.82) is 0 Å². The van der Waals surface area contributed by atoms with Gasteiger partial charge in [-0.25, -0.2) is 0 Å². The summed E-state index contributed by atoms with van der Waals surface area (Å²) >= 11 is 4.02. The van der Waals surface area contributed by atoms with E-state index in [2.05, 4.69) is 143 Å². The largest absolute Gasteiger partial charge is 0.545 e. The smallest absolute Gasteiger partial charge is 0.277 e. The molecule has 0 saturated carbocycles. The van der Waals surface area contributed by atoms with Crippen LogP contribution in [0.15, 0.2) is 141 Å². The molecular weight excluding hydrogens is 568 g/mol. The van der Waals surface area contributed by atoms with Crippen LogP contribution >= 0.6 is 15.9 Å². The Kier molecular flexibility index (Phi) is 4.79. The van der Waals surface area contributed by atoms with E-state index < -0.39 is 0 Å². The fraction of sp³-hybridized carbons (Fsp3) is 0. The average molecular weight is 592 g/mol. The van der Waals surface area contributed by atoms with Crippen molar-refractivity contribution in [3.05, 3.63) is 132 Å². The lowest BCUT2D eigenvalue weighted by Gasteiger charge is -2.13. The summed E-state index contributed by atoms with van der Waals surface area (Å²) in [5.41, 5.74) is 8.83. The molecule has 0 atom stereocenters. The molecule has 0 saturated heterocycles. The third-order valence-electron chi connectivity index (χ3n) is 8.48. The van der Waals surface area contributed by atoms with E-state index in [1.807, 2.05) is 0 Å². The zero-order chi connectivity index (χ0) is 27.1. The van der Waals surface area contributed by atoms with Crippen LogP contribution in [0.1, 0.15) is 0 Å². The fourth-order valence-electron chi connectivity index (χ4n) is 6.62. The maximum absolute atomic E-state index is 5.08. The van der Waals surface area contributed by atoms with Crippen LogP contribution in [-0.4, -0.2) is 0 Å². The quantitative estimate of drug-likeness (QED) is 0.141. The summed E-state index contributed by atoms with van der Waals surface area (Å²) in [5, 5.41) is 9.56. The predicted molar refractivity (Wildman–Crippen MR) is 177 cm³/mol. The second kappa shape index (κ2) is 8.57. The molecule has 0 amide bonds. The van der Waals surface area contributed by atoms with Gasteiger partial charge in [-0.1, -0.05) is 72.8 Å². The number of halogens is 1. The molecule has 9 aromatic rings. The van der Waals surface area contributed by atoms with Gasteiger partial charge in [-0.2, -0.15) is 0 Å². The van der Waals surface area contributed by atoms with Gasteiger partial charge >= 0.3 is 0 Å². The average Bonchev–Trinajstić information content (AvgIpc) is 3.60. The van der Waals surface area contributed by atoms with E-state index in [0.29, 0.717) is 0 Å². The number of fused-ring (bicyclic) bond motifs is 8. The van der Waals surface area contributed by atoms with Crippen molar-refractivity contribution in [1.82, 2.24) is 0 Å². The second-order valence-electron chi connectivity index (χ2n) is 10.7. The summed E-state index contributed by atoms with van der Waals surface area (Å²) in [6.07, 6.45) is 0. The van der Waals surface area contributed by atoms with Gasteiger partial charge in [0, 0.05) is 16.6 Å². The Balaban J connectivity index is 1.37. The molecule has 2 heterocycles. The molecule has 0 unspecified atom stereocenters. The Bertz CT molecular complexity index is 2320. The molecule has 3 heteroatoms. The highest BCUT2D eigenvalue weighted by Crippen LogP contribution is 2.45. The lowest BCUT2D eigenvalue weighted by Crippen LogP contribution is -1.88. The van der Waals surface area contributed by atoms with Crippen LogP contribution < -0.4 is 0 Å². The fourth-order valence-corrected chi connectivity index (χ4v) is 7.31. The van der Waals surface area contributed by atoms with Crippen LogP contribution in [0.25, 0.3) is 87.7 Å². The Morgan fingerprint density at radius 2 is 0.732 bits per heavy atom. The first-order valence-electron chi connectivity index (χ1n) is 13.8. The normalized spacial score (nSPS) is 12.0. The first-order valence-corrected chi connectivity index (χ1v) is 14.6. The molecular formula is C38H23BrO2+2. The summed E-state index contributed by atoms with van der Waals surface area (Å²) < 4.78 is 11.3. The van der Waals surface area contributed by atoms with Crippen LogP contribution in [-0.2, 0) is 0 Å². The number of hydrogen-bond donors (Lipinski definition) is 0. The molecule has 2 N–H and O–H groups in total. The van der Waals surface area contributed by atoms with Gasteiger partial charge in [0.2, 0.25) is 0 Å². The SMILES string of the molecule is Brc1c2cccc(-c3cccc4c3[oH+]c3ccccc34)c2cc2c(-c3cccc4c3[oH+]c3ccccc34)cccc12. The zero-order valence-electron chi connectivity index (χ0n) is 21.9. The predicted octanol–water partition coefficient (Wildman–Crippen LogP) is 12.1. The van der Waals surface area contributed by atoms with Crippen LogP contribution in [0.3, 0.4) is 0 Å². The Labute approximate surface area is 243 Å². The molecule has 0 aliphatic carbocycles. The van der Waals surface area contributed by atoms with E-state index in [-0.39, 0.29) is 0 Å². The minimum Gasteiger partial charge on any atom is -0.545 e. The van der Waals surface area contributed by atoms with Crippen molar-refractivity contribution in [2.24, 2.45) is 0 Å². The number of furan rings is 2. The molecule has 2 aromatic heterocycles. The minimum absolute atomic E-state index is 1.03. The molecule has 2 nitrogen and oxygen atoms in total. The molecule has 0 aliphatic rings. The van der Waals surface area contributed by atoms with E-state index in [1.165, 1.54) is 54.2 Å². The summed E-state index contributed by atoms with van der Waals surface area (Å²) in [5.74, 6) is 0. The number of benzene rings is 7. The van der Waals surface area contributed by atoms with Crippen LogP contribution in [0.5, 0.6) is 0 Å². The van der Waals surface area contributed by atoms with E-state index in [1.54, 1.807) is 0 Å². The number of para-hydroxylation sites is 4. The van der Waals surface area contributed by atoms with Crippen LogP contribution in [0, 0.1) is 0 Å². The molecule has 9 rings (SSSR count). The van der Waals surface area contributed by atoms with E-state index >= 15 is 0 Å². The number of hydrogen-bond acceptors (Lipinski definition) is 0. The van der Waals surface area contributed by atoms with Gasteiger partial charge in [-0.15, -0.1) is 0 Å². The Morgan fingerprint density at radius 3 is 1.22 bits per heavy atom. The molecule has 7 aromatic carbocycles. The van der Waals surface area contributed by atoms with Crippen molar-refractivity contribution >= 4 is 81.4 Å². The van der Waals surface area contributed by atoms with E-state index in [9.17, 15) is 0 Å². The van der Waals surface area contributed by atoms with Crippen molar-refractivity contribution < 1.29 is 8.83 Å². The van der Waals surface area contributed by atoms with Crippen molar-refractivity contribution in [3.8, 4) is 22.3 Å². The lowest BCUT2D eigenvalue weighted by molar-refractivity contribution is 0.669. The summed E-state index contributed by atoms with van der Waals surface area (Å²) in [4.78, 5) is 0. The standard InChI is InChI=1S/C38H21BrO2/c39-36-26-13-5-11-22(28-15-7-17-30-24-9-1-3-19-34(24)40-37(28)30)32(26)21-33-23(12-6-14-27(33)36)29-16-8-18-31-25-10-2-4-20-35(25)41-38(29)31/h1-21H/p+2. The van der Waals surface area contributed by atoms with Crippen LogP contribution in [0.4, 0.5) is 0 Å². The monoisotopic (exact) mass is 590 g/mol. The molecule has 192 valence electrons. The molecule has 0 aliphatic heterocycles. The molecule has 0 fully saturated rings. The third-order valence-corrected chi connectivity index (χ3v) is 9.33. The topological polar surface area (TPSA) is 25.6 Å². The van der Waals surface area contributed by atoms with Gasteiger partial charge < -0.3 is 8.83 Å². The van der Waals surface area contributed by atoms with Gasteiger partial charge in [0.25, 0.3) is 22.3 Å². The Hall–Kier alpha value is -4.86. The maximum Gasteiger partial charge on any atom is 0.277 e. The molecule has 41 heavy (non-hydrogen) atoms. The second-order valence-corrected chi connectivity index (χ2v) is 11.4. The van der Waals surface area contributed by atoms with Gasteiger partial charge in [0.15, 0.2) is 0 Å². The summed E-state index contributed by atoms with van der Waals surface area (Å²) in [6.45, 7) is 0. The first kappa shape index (κ1) is 22.9. The highest BCUT2D eigenvalue weighted by atomic mass is 79.9. The van der Waals surface area contributed by atoms with Crippen molar-refractivity contribution in [2.45, 2.75) is 0 Å². The highest BCUT2D eigenvalue weighted by Gasteiger charge is 2.22. The Morgan fingerprint density at radius 1 is 0.341 bits per heavy atom. The van der Waals surface area contributed by atoms with E-state index in [0.717, 1.165) is 37.9 Å². The summed E-state index contributed by atoms with van der Waals surface area (Å²) in [6, 6.07) is 45.4. The first-order chi connectivity index (χ1) is 20.3. The summed E-state index contributed by atoms with van der Waals surface area (Å²) in [7, 11) is 0. The van der Waals surface area contributed by atoms with Gasteiger partial charge in [0.05, 0.1) is 32.7 Å².